The summed E-state index contributed by atoms with van der Waals surface area (Å²) in [5.74, 6) is 1.75. The smallest absolute Gasteiger partial charge is 0.139 e. The quantitative estimate of drug-likeness (QED) is 0.347. The number of fused-ring (bicyclic) bond motifs is 1. The molecule has 1 aromatic heterocycles. The molecule has 0 spiro atoms. The molecule has 6 nitrogen and oxygen atoms in total. The summed E-state index contributed by atoms with van der Waals surface area (Å²) in [6.45, 7) is 9.21. The summed E-state index contributed by atoms with van der Waals surface area (Å²) in [7, 11) is 1.68. The van der Waals surface area contributed by atoms with Crippen molar-refractivity contribution in [1.82, 2.24) is 14.5 Å². The zero-order chi connectivity index (χ0) is 25.1. The Morgan fingerprint density at radius 2 is 1.94 bits per heavy atom. The van der Waals surface area contributed by atoms with Crippen molar-refractivity contribution >= 4 is 17.3 Å². The molecule has 192 valence electrons. The molecule has 3 heterocycles. The zero-order valence-electron chi connectivity index (χ0n) is 21.6. The fourth-order valence-electron chi connectivity index (χ4n) is 5.85. The Hall–Kier alpha value is -2.70. The predicted octanol–water partition coefficient (Wildman–Crippen LogP) is 6.05. The van der Waals surface area contributed by atoms with Gasteiger partial charge in [-0.3, -0.25) is 4.90 Å². The van der Waals surface area contributed by atoms with Gasteiger partial charge in [-0.1, -0.05) is 17.7 Å². The van der Waals surface area contributed by atoms with Gasteiger partial charge in [-0.15, -0.1) is 0 Å². The highest BCUT2D eigenvalue weighted by Crippen LogP contribution is 2.40. The summed E-state index contributed by atoms with van der Waals surface area (Å²) in [6.07, 6.45) is 10.4. The molecule has 3 aromatic rings. The van der Waals surface area contributed by atoms with Crippen LogP contribution < -0.4 is 14.4 Å². The number of imidazole rings is 1. The summed E-state index contributed by atoms with van der Waals surface area (Å²) in [6, 6.07) is 11.7. The van der Waals surface area contributed by atoms with Crippen LogP contribution in [0.2, 0.25) is 5.02 Å². The summed E-state index contributed by atoms with van der Waals surface area (Å²) in [4.78, 5) is 9.34. The van der Waals surface area contributed by atoms with Gasteiger partial charge in [-0.05, 0) is 74.4 Å². The number of halogens is 1. The fraction of sp³-hybridized carbons (Fsp3) is 0.483. The third-order valence-electron chi connectivity index (χ3n) is 7.96. The molecule has 0 saturated carbocycles. The highest BCUT2D eigenvalue weighted by atomic mass is 35.5. The van der Waals surface area contributed by atoms with Gasteiger partial charge < -0.3 is 18.9 Å². The Labute approximate surface area is 219 Å². The Balaban J connectivity index is 1.25. The second-order valence-corrected chi connectivity index (χ2v) is 10.4. The zero-order valence-corrected chi connectivity index (χ0v) is 22.4. The molecule has 0 amide bonds. The van der Waals surface area contributed by atoms with E-state index >= 15 is 0 Å². The van der Waals surface area contributed by atoms with Crippen LogP contribution in [0.15, 0.2) is 49.1 Å². The molecular formula is C29H37ClN4O2. The highest BCUT2D eigenvalue weighted by Gasteiger charge is 2.36. The van der Waals surface area contributed by atoms with E-state index < -0.39 is 0 Å². The number of ether oxygens (including phenoxy) is 2. The molecular weight excluding hydrogens is 472 g/mol. The Kier molecular flexibility index (Phi) is 7.73. The van der Waals surface area contributed by atoms with Gasteiger partial charge in [0.15, 0.2) is 0 Å². The Bertz CT molecular complexity index is 1170. The van der Waals surface area contributed by atoms with E-state index in [-0.39, 0.29) is 0 Å². The van der Waals surface area contributed by atoms with Crippen LogP contribution in [0.25, 0.3) is 0 Å². The van der Waals surface area contributed by atoms with E-state index in [2.05, 4.69) is 57.5 Å². The van der Waals surface area contributed by atoms with E-state index in [0.29, 0.717) is 23.7 Å². The largest absolute Gasteiger partial charge is 0.495 e. The molecule has 2 saturated heterocycles. The number of aryl methyl sites for hydroxylation is 1. The van der Waals surface area contributed by atoms with Gasteiger partial charge in [0, 0.05) is 62.4 Å². The third kappa shape index (κ3) is 5.21. The SMILES string of the molecule is COc1cc(N2CCN3C(CCC[C@@H]3c3ccc(OCCCn4ccnc4)c(C)c3C)C2)ccc1Cl. The summed E-state index contributed by atoms with van der Waals surface area (Å²) in [5, 5.41) is 0.661. The van der Waals surface area contributed by atoms with Gasteiger partial charge in [0.1, 0.15) is 11.5 Å². The van der Waals surface area contributed by atoms with Crippen LogP contribution in [-0.2, 0) is 6.54 Å². The van der Waals surface area contributed by atoms with Crippen molar-refractivity contribution in [2.45, 2.75) is 58.2 Å². The Morgan fingerprint density at radius 1 is 1.06 bits per heavy atom. The first-order chi connectivity index (χ1) is 17.5. The molecule has 0 radical (unpaired) electrons. The van der Waals surface area contributed by atoms with E-state index in [1.165, 1.54) is 41.6 Å². The molecule has 0 N–H and O–H groups in total. The molecule has 2 atom stereocenters. The van der Waals surface area contributed by atoms with Crippen molar-refractivity contribution < 1.29 is 9.47 Å². The van der Waals surface area contributed by atoms with E-state index in [1.807, 2.05) is 24.8 Å². The summed E-state index contributed by atoms with van der Waals surface area (Å²) >= 11 is 6.26. The van der Waals surface area contributed by atoms with Crippen molar-refractivity contribution in [1.29, 1.82) is 0 Å². The second-order valence-electron chi connectivity index (χ2n) is 10.0. The monoisotopic (exact) mass is 508 g/mol. The van der Waals surface area contributed by atoms with Crippen molar-refractivity contribution in [2.24, 2.45) is 0 Å². The molecule has 5 rings (SSSR count). The van der Waals surface area contributed by atoms with Crippen LogP contribution in [0.3, 0.4) is 0 Å². The van der Waals surface area contributed by atoms with Gasteiger partial charge in [0.05, 0.1) is 25.1 Å². The van der Waals surface area contributed by atoms with Gasteiger partial charge in [0.2, 0.25) is 0 Å². The number of piperidine rings is 1. The molecule has 36 heavy (non-hydrogen) atoms. The maximum atomic E-state index is 6.26. The van der Waals surface area contributed by atoms with Crippen molar-refractivity contribution in [3.8, 4) is 11.5 Å². The first-order valence-corrected chi connectivity index (χ1v) is 13.5. The van der Waals surface area contributed by atoms with Crippen molar-refractivity contribution in [3.63, 3.8) is 0 Å². The molecule has 2 fully saturated rings. The van der Waals surface area contributed by atoms with Crippen molar-refractivity contribution in [3.05, 3.63) is 70.8 Å². The first-order valence-electron chi connectivity index (χ1n) is 13.1. The summed E-state index contributed by atoms with van der Waals surface area (Å²) in [5.41, 5.74) is 5.30. The molecule has 2 aliphatic heterocycles. The minimum Gasteiger partial charge on any atom is -0.495 e. The number of benzene rings is 2. The maximum Gasteiger partial charge on any atom is 0.139 e. The lowest BCUT2D eigenvalue weighted by molar-refractivity contribution is 0.0712. The van der Waals surface area contributed by atoms with Crippen LogP contribution in [0.4, 0.5) is 5.69 Å². The molecule has 0 bridgehead atoms. The average molecular weight is 509 g/mol. The second kappa shape index (κ2) is 11.1. The minimum atomic E-state index is 0.472. The first kappa shape index (κ1) is 25.0. The normalized spacial score (nSPS) is 20.3. The number of aromatic nitrogens is 2. The highest BCUT2D eigenvalue weighted by molar-refractivity contribution is 6.32. The van der Waals surface area contributed by atoms with Crippen LogP contribution in [0.5, 0.6) is 11.5 Å². The number of methoxy groups -OCH3 is 1. The lowest BCUT2D eigenvalue weighted by atomic mass is 9.86. The van der Waals surface area contributed by atoms with Crippen LogP contribution >= 0.6 is 11.6 Å². The van der Waals surface area contributed by atoms with E-state index in [4.69, 9.17) is 21.1 Å². The predicted molar refractivity (Wildman–Crippen MR) is 146 cm³/mol. The number of piperazine rings is 1. The van der Waals surface area contributed by atoms with Gasteiger partial charge >= 0.3 is 0 Å². The summed E-state index contributed by atoms with van der Waals surface area (Å²) < 4.78 is 13.7. The Morgan fingerprint density at radius 3 is 2.75 bits per heavy atom. The van der Waals surface area contributed by atoms with Crippen LogP contribution in [0, 0.1) is 13.8 Å². The van der Waals surface area contributed by atoms with E-state index in [1.54, 1.807) is 7.11 Å². The number of nitrogens with zero attached hydrogens (tertiary/aromatic N) is 4. The van der Waals surface area contributed by atoms with Crippen LogP contribution in [-0.4, -0.2) is 53.8 Å². The van der Waals surface area contributed by atoms with Gasteiger partial charge in [-0.2, -0.15) is 0 Å². The number of rotatable bonds is 8. The maximum absolute atomic E-state index is 6.26. The molecule has 2 aliphatic rings. The minimum absolute atomic E-state index is 0.472. The number of hydrogen-bond acceptors (Lipinski definition) is 5. The van der Waals surface area contributed by atoms with E-state index in [9.17, 15) is 0 Å². The molecule has 0 aliphatic carbocycles. The van der Waals surface area contributed by atoms with Crippen LogP contribution in [0.1, 0.15) is 48.4 Å². The molecule has 2 aromatic carbocycles. The molecule has 7 heteroatoms. The fourth-order valence-corrected chi connectivity index (χ4v) is 6.04. The van der Waals surface area contributed by atoms with Gasteiger partial charge in [0.25, 0.3) is 0 Å². The standard InChI is InChI=1S/C29H37ClN4O2/c1-21-22(2)28(36-17-5-13-32-14-12-31-20-32)11-9-25(21)27-7-4-6-24-19-33(15-16-34(24)27)23-8-10-26(30)29(18-23)35-3/h8-12,14,18,20,24,27H,4-7,13,15-17,19H2,1-3H3/t24?,27-/m1/s1. The average Bonchev–Trinajstić information content (AvgIpc) is 3.42. The number of anilines is 1. The van der Waals surface area contributed by atoms with Gasteiger partial charge in [-0.25, -0.2) is 4.98 Å². The lowest BCUT2D eigenvalue weighted by Gasteiger charge is -2.49. The number of hydrogen-bond donors (Lipinski definition) is 0. The lowest BCUT2D eigenvalue weighted by Crippen LogP contribution is -2.56. The van der Waals surface area contributed by atoms with E-state index in [0.717, 1.165) is 44.1 Å². The van der Waals surface area contributed by atoms with Crippen molar-refractivity contribution in [2.75, 3.05) is 38.3 Å². The topological polar surface area (TPSA) is 42.8 Å². The molecule has 1 unspecified atom stereocenters. The third-order valence-corrected chi connectivity index (χ3v) is 8.27.